The van der Waals surface area contributed by atoms with Crippen molar-refractivity contribution >= 4 is 39.8 Å². The topological polar surface area (TPSA) is 127 Å². The van der Waals surface area contributed by atoms with Crippen LogP contribution in [0.2, 0.25) is 0 Å². The van der Waals surface area contributed by atoms with Crippen molar-refractivity contribution in [2.24, 2.45) is 0 Å². The number of methoxy groups -OCH3 is 2. The zero-order valence-corrected chi connectivity index (χ0v) is 38.5. The third-order valence-corrected chi connectivity index (χ3v) is 13.3. The van der Waals surface area contributed by atoms with Gasteiger partial charge < -0.3 is 33.5 Å². The highest BCUT2D eigenvalue weighted by atomic mass is 19.1. The van der Waals surface area contributed by atoms with Crippen molar-refractivity contribution in [2.75, 3.05) is 84.7 Å². The van der Waals surface area contributed by atoms with Crippen LogP contribution in [0.25, 0.3) is 21.8 Å². The lowest BCUT2D eigenvalue weighted by Crippen LogP contribution is -2.47. The summed E-state index contributed by atoms with van der Waals surface area (Å²) >= 11 is 0. The molecule has 0 aliphatic carbocycles. The molecular formula is C53H57F2N7O6. The van der Waals surface area contributed by atoms with Crippen molar-refractivity contribution < 1.29 is 37.3 Å². The summed E-state index contributed by atoms with van der Waals surface area (Å²) in [5.74, 6) is 1.85. The molecule has 0 radical (unpaired) electrons. The summed E-state index contributed by atoms with van der Waals surface area (Å²) in [7, 11) is 3.19. The van der Waals surface area contributed by atoms with Gasteiger partial charge in [0.25, 0.3) is 5.91 Å². The van der Waals surface area contributed by atoms with Crippen molar-refractivity contribution in [1.82, 2.24) is 29.8 Å². The summed E-state index contributed by atoms with van der Waals surface area (Å²) in [6.45, 7) is 7.86. The number of aromatic amines is 1. The number of carbonyl (C=O) groups is 2. The van der Waals surface area contributed by atoms with Gasteiger partial charge in [-0.25, -0.2) is 8.78 Å². The van der Waals surface area contributed by atoms with Crippen molar-refractivity contribution in [3.05, 3.63) is 137 Å². The Hall–Kier alpha value is -6.84. The van der Waals surface area contributed by atoms with E-state index in [2.05, 4.69) is 24.9 Å². The van der Waals surface area contributed by atoms with Gasteiger partial charge >= 0.3 is 0 Å². The smallest absolute Gasteiger partial charge is 0.278 e. The Kier molecular flexibility index (Phi) is 14.6. The van der Waals surface area contributed by atoms with Gasteiger partial charge in [-0.1, -0.05) is 30.3 Å². The SMILES string of the molecule is COc1cc(C(C=O)c2ccc(OCCCN3CCN(c4nn(C(=O)c5ccccc5)c5cc(F)ccc45)CC3)c(OC)c2)ccc1OCCCCN1CCC(c2[nH]nc3cc(F)ccc23)CC1. The molecule has 1 unspecified atom stereocenters. The second-order valence-corrected chi connectivity index (χ2v) is 17.5. The van der Waals surface area contributed by atoms with E-state index in [1.54, 1.807) is 44.6 Å². The van der Waals surface area contributed by atoms with Gasteiger partial charge in [0.15, 0.2) is 28.8 Å². The van der Waals surface area contributed by atoms with E-state index >= 15 is 0 Å². The van der Waals surface area contributed by atoms with Gasteiger partial charge in [-0.3, -0.25) is 14.8 Å². The molecule has 5 aromatic carbocycles. The number of H-pyrrole nitrogens is 1. The Morgan fingerprint density at radius 2 is 1.32 bits per heavy atom. The first-order valence-corrected chi connectivity index (χ1v) is 23.5. The van der Waals surface area contributed by atoms with Crippen LogP contribution in [0.4, 0.5) is 14.6 Å². The van der Waals surface area contributed by atoms with Crippen LogP contribution in [0.1, 0.15) is 71.1 Å². The van der Waals surface area contributed by atoms with E-state index in [0.29, 0.717) is 77.6 Å². The van der Waals surface area contributed by atoms with Crippen molar-refractivity contribution in [3.8, 4) is 23.0 Å². The standard InChI is InChI=1S/C53H57F2N7O6/c1-65-49-31-38(11-17-47(49)67-29-7-6-21-59-23-19-36(20-24-59)51-42-15-13-40(54)33-45(42)56-57-51)44(35-63)39-12-18-48(50(32-39)66-2)68-30-8-22-60-25-27-61(28-26-60)52-43-16-14-41(55)34-46(43)62(58-52)53(64)37-9-4-3-5-10-37/h3-5,9-18,31-36,44H,6-8,19-30H2,1-2H3,(H,56,57). The lowest BCUT2D eigenvalue weighted by Gasteiger charge is -2.35. The summed E-state index contributed by atoms with van der Waals surface area (Å²) in [5, 5.41) is 13.9. The van der Waals surface area contributed by atoms with Crippen molar-refractivity contribution in [1.29, 1.82) is 0 Å². The third-order valence-electron chi connectivity index (χ3n) is 13.3. The summed E-state index contributed by atoms with van der Waals surface area (Å²) in [6.07, 6.45) is 5.67. The second kappa shape index (κ2) is 21.4. The van der Waals surface area contributed by atoms with Crippen LogP contribution in [-0.2, 0) is 4.79 Å². The Labute approximate surface area is 394 Å². The highest BCUT2D eigenvalue weighted by Gasteiger charge is 2.26. The molecule has 9 rings (SSSR count). The van der Waals surface area contributed by atoms with Gasteiger partial charge in [-0.15, -0.1) is 5.10 Å². The molecule has 1 N–H and O–H groups in total. The molecule has 0 bridgehead atoms. The average Bonchev–Trinajstić information content (AvgIpc) is 3.97. The van der Waals surface area contributed by atoms with Gasteiger partial charge in [0.1, 0.15) is 17.9 Å². The number of ether oxygens (including phenoxy) is 4. The third kappa shape index (κ3) is 10.3. The van der Waals surface area contributed by atoms with Gasteiger partial charge in [0.2, 0.25) is 0 Å². The molecule has 13 nitrogen and oxygen atoms in total. The first-order chi connectivity index (χ1) is 33.3. The van der Waals surface area contributed by atoms with Crippen LogP contribution in [0.5, 0.6) is 23.0 Å². The fourth-order valence-electron chi connectivity index (χ4n) is 9.54. The summed E-state index contributed by atoms with van der Waals surface area (Å²) in [4.78, 5) is 33.0. The molecule has 1 atom stereocenters. The van der Waals surface area contributed by atoms with Gasteiger partial charge in [0, 0.05) is 72.8 Å². The van der Waals surface area contributed by atoms with Crippen molar-refractivity contribution in [2.45, 2.75) is 43.9 Å². The largest absolute Gasteiger partial charge is 0.493 e. The molecule has 15 heteroatoms. The number of aldehydes is 1. The normalized spacial score (nSPS) is 15.4. The predicted octanol–water partition coefficient (Wildman–Crippen LogP) is 8.86. The van der Waals surface area contributed by atoms with Crippen LogP contribution >= 0.6 is 0 Å². The van der Waals surface area contributed by atoms with Crippen LogP contribution in [0, 0.1) is 11.6 Å². The minimum atomic E-state index is -0.559. The molecule has 354 valence electrons. The number of unbranched alkanes of at least 4 members (excludes halogenated alkanes) is 1. The highest BCUT2D eigenvalue weighted by molar-refractivity contribution is 6.04. The first-order valence-electron chi connectivity index (χ1n) is 23.5. The number of carbonyl (C=O) groups excluding carboxylic acids is 2. The summed E-state index contributed by atoms with van der Waals surface area (Å²) in [6, 6.07) is 29.4. The molecule has 0 spiro atoms. The number of piperidine rings is 1. The maximum atomic E-state index is 14.4. The molecule has 2 aromatic heterocycles. The van der Waals surface area contributed by atoms with Gasteiger partial charge in [-0.2, -0.15) is 9.78 Å². The Balaban J connectivity index is 0.719. The number of aromatic nitrogens is 4. The molecular weight excluding hydrogens is 869 g/mol. The number of rotatable bonds is 19. The fraction of sp³-hybridized carbons (Fsp3) is 0.358. The molecule has 2 saturated heterocycles. The Morgan fingerprint density at radius 1 is 0.706 bits per heavy atom. The molecule has 7 aromatic rings. The fourth-order valence-corrected chi connectivity index (χ4v) is 9.54. The molecule has 2 fully saturated rings. The number of hydrogen-bond acceptors (Lipinski definition) is 11. The molecule has 4 heterocycles. The number of benzene rings is 5. The van der Waals surface area contributed by atoms with E-state index in [1.165, 1.54) is 28.9 Å². The van der Waals surface area contributed by atoms with Gasteiger partial charge in [-0.05, 0) is 124 Å². The van der Waals surface area contributed by atoms with E-state index < -0.39 is 11.7 Å². The monoisotopic (exact) mass is 925 g/mol. The van der Waals surface area contributed by atoms with Gasteiger partial charge in [0.05, 0.1) is 44.4 Å². The highest BCUT2D eigenvalue weighted by Crippen LogP contribution is 2.37. The average molecular weight is 926 g/mol. The van der Waals surface area contributed by atoms with E-state index in [1.807, 2.05) is 48.5 Å². The maximum absolute atomic E-state index is 14.4. The zero-order chi connectivity index (χ0) is 47.0. The lowest BCUT2D eigenvalue weighted by molar-refractivity contribution is -0.108. The minimum Gasteiger partial charge on any atom is -0.493 e. The predicted molar refractivity (Wildman–Crippen MR) is 258 cm³/mol. The quantitative estimate of drug-likeness (QED) is 0.0618. The number of fused-ring (bicyclic) bond motifs is 2. The number of nitrogens with zero attached hydrogens (tertiary/aromatic N) is 6. The zero-order valence-electron chi connectivity index (χ0n) is 38.5. The van der Waals surface area contributed by atoms with Crippen LogP contribution in [0.3, 0.4) is 0 Å². The van der Waals surface area contributed by atoms with E-state index in [4.69, 9.17) is 24.0 Å². The first kappa shape index (κ1) is 46.3. The Morgan fingerprint density at radius 3 is 1.99 bits per heavy atom. The number of likely N-dealkylation sites (tertiary alicyclic amines) is 1. The molecule has 0 saturated carbocycles. The maximum Gasteiger partial charge on any atom is 0.278 e. The second-order valence-electron chi connectivity index (χ2n) is 17.5. The molecule has 2 aliphatic heterocycles. The van der Waals surface area contributed by atoms with E-state index in [-0.39, 0.29) is 11.7 Å². The Bertz CT molecular complexity index is 2840. The minimum absolute atomic E-state index is 0.268. The molecule has 2 aliphatic rings. The summed E-state index contributed by atoms with van der Waals surface area (Å²) in [5.41, 5.74) is 4.27. The number of halogens is 2. The summed E-state index contributed by atoms with van der Waals surface area (Å²) < 4.78 is 53.1. The van der Waals surface area contributed by atoms with Crippen LogP contribution in [-0.4, -0.2) is 122 Å². The van der Waals surface area contributed by atoms with E-state index in [0.717, 1.165) is 105 Å². The number of piperazine rings is 1. The van der Waals surface area contributed by atoms with E-state index in [9.17, 15) is 18.4 Å². The van der Waals surface area contributed by atoms with Crippen molar-refractivity contribution in [3.63, 3.8) is 0 Å². The number of nitrogens with one attached hydrogen (secondary N) is 1. The lowest BCUT2D eigenvalue weighted by atomic mass is 9.91. The molecule has 68 heavy (non-hydrogen) atoms. The number of anilines is 1. The van der Waals surface area contributed by atoms with Crippen LogP contribution in [0.15, 0.2) is 103 Å². The molecule has 0 amide bonds. The van der Waals surface area contributed by atoms with Crippen LogP contribution < -0.4 is 23.8 Å². The number of hydrogen-bond donors (Lipinski definition) is 1.